The van der Waals surface area contributed by atoms with Crippen LogP contribution in [0, 0.1) is 17.8 Å². The lowest BCUT2D eigenvalue weighted by Gasteiger charge is -2.37. The molecule has 2 fully saturated rings. The van der Waals surface area contributed by atoms with E-state index in [2.05, 4.69) is 61.3 Å². The highest BCUT2D eigenvalue weighted by Crippen LogP contribution is 2.33. The molecule has 0 amide bonds. The number of ether oxygens (including phenoxy) is 1. The zero-order valence-electron chi connectivity index (χ0n) is 17.1. The zero-order chi connectivity index (χ0) is 18.4. The topological polar surface area (TPSA) is 36.9 Å². The molecule has 27 heavy (non-hydrogen) atoms. The van der Waals surface area contributed by atoms with E-state index in [1.807, 2.05) is 0 Å². The lowest BCUT2D eigenvalue weighted by Crippen LogP contribution is -2.48. The van der Waals surface area contributed by atoms with Crippen molar-refractivity contribution in [1.82, 2.24) is 10.2 Å². The van der Waals surface area contributed by atoms with Crippen LogP contribution in [0.4, 0.5) is 0 Å². The van der Waals surface area contributed by atoms with Crippen LogP contribution in [0.2, 0.25) is 0 Å². The van der Waals surface area contributed by atoms with Crippen LogP contribution in [-0.4, -0.2) is 43.6 Å². The SMILES string of the molecule is CCNC(=NCC1CCCOC1c1ccccc1)N1CC(C)CC(C)C1.I. The zero-order valence-corrected chi connectivity index (χ0v) is 19.4. The smallest absolute Gasteiger partial charge is 0.193 e. The Bertz CT molecular complexity index is 570. The third-order valence-electron chi connectivity index (χ3n) is 5.55. The molecule has 1 N–H and O–H groups in total. The second kappa shape index (κ2) is 11.2. The van der Waals surface area contributed by atoms with Gasteiger partial charge in [-0.3, -0.25) is 4.99 Å². The first-order valence-electron chi connectivity index (χ1n) is 10.4. The average molecular weight is 485 g/mol. The highest BCUT2D eigenvalue weighted by Gasteiger charge is 2.28. The number of halogens is 1. The summed E-state index contributed by atoms with van der Waals surface area (Å²) in [6.07, 6.45) is 3.83. The van der Waals surface area contributed by atoms with E-state index in [0.29, 0.717) is 5.92 Å². The summed E-state index contributed by atoms with van der Waals surface area (Å²) in [6, 6.07) is 10.7. The van der Waals surface area contributed by atoms with Gasteiger partial charge in [-0.2, -0.15) is 0 Å². The fraction of sp³-hybridized carbons (Fsp3) is 0.682. The molecule has 4 unspecified atom stereocenters. The van der Waals surface area contributed by atoms with Crippen molar-refractivity contribution < 1.29 is 4.74 Å². The van der Waals surface area contributed by atoms with Gasteiger partial charge in [0, 0.05) is 38.7 Å². The van der Waals surface area contributed by atoms with E-state index >= 15 is 0 Å². The highest BCUT2D eigenvalue weighted by atomic mass is 127. The number of hydrogen-bond donors (Lipinski definition) is 1. The molecule has 0 spiro atoms. The van der Waals surface area contributed by atoms with Crippen molar-refractivity contribution >= 4 is 29.9 Å². The van der Waals surface area contributed by atoms with Gasteiger partial charge >= 0.3 is 0 Å². The second-order valence-corrected chi connectivity index (χ2v) is 8.15. The molecule has 0 aromatic heterocycles. The molecular formula is C22H36IN3O. The fourth-order valence-electron chi connectivity index (χ4n) is 4.51. The van der Waals surface area contributed by atoms with Crippen molar-refractivity contribution in [1.29, 1.82) is 0 Å². The number of piperidine rings is 1. The third kappa shape index (κ3) is 6.34. The summed E-state index contributed by atoms with van der Waals surface area (Å²) in [6.45, 7) is 11.7. The van der Waals surface area contributed by atoms with Gasteiger partial charge in [-0.1, -0.05) is 44.2 Å². The third-order valence-corrected chi connectivity index (χ3v) is 5.55. The minimum atomic E-state index is 0. The molecule has 0 bridgehead atoms. The molecule has 4 nitrogen and oxygen atoms in total. The largest absolute Gasteiger partial charge is 0.373 e. The molecule has 1 aromatic rings. The predicted molar refractivity (Wildman–Crippen MR) is 124 cm³/mol. The van der Waals surface area contributed by atoms with Crippen LogP contribution >= 0.6 is 24.0 Å². The highest BCUT2D eigenvalue weighted by molar-refractivity contribution is 14.0. The van der Waals surface area contributed by atoms with Gasteiger partial charge in [0.1, 0.15) is 0 Å². The van der Waals surface area contributed by atoms with Gasteiger partial charge in [0.05, 0.1) is 6.10 Å². The van der Waals surface area contributed by atoms with Crippen LogP contribution in [-0.2, 0) is 4.74 Å². The molecule has 0 aliphatic carbocycles. The number of nitrogens with zero attached hydrogens (tertiary/aromatic N) is 2. The minimum Gasteiger partial charge on any atom is -0.373 e. The number of guanidine groups is 1. The summed E-state index contributed by atoms with van der Waals surface area (Å²) in [5.74, 6) is 3.01. The maximum Gasteiger partial charge on any atom is 0.193 e. The van der Waals surface area contributed by atoms with Crippen molar-refractivity contribution in [2.24, 2.45) is 22.7 Å². The Balaban J connectivity index is 0.00000261. The molecule has 3 rings (SSSR count). The van der Waals surface area contributed by atoms with E-state index in [9.17, 15) is 0 Å². The lowest BCUT2D eigenvalue weighted by molar-refractivity contribution is -0.0251. The standard InChI is InChI=1S/C22H35N3O.HI/c1-4-23-22(25-15-17(2)13-18(3)16-25)24-14-20-11-8-12-26-21(20)19-9-6-5-7-10-19;/h5-7,9-10,17-18,20-21H,4,8,11-16H2,1-3H3,(H,23,24);1H. The summed E-state index contributed by atoms with van der Waals surface area (Å²) in [5, 5.41) is 3.52. The average Bonchev–Trinajstić information content (AvgIpc) is 2.65. The van der Waals surface area contributed by atoms with Crippen LogP contribution in [0.25, 0.3) is 0 Å². The number of rotatable bonds is 4. The second-order valence-electron chi connectivity index (χ2n) is 8.15. The summed E-state index contributed by atoms with van der Waals surface area (Å²) in [4.78, 5) is 7.52. The number of hydrogen-bond acceptors (Lipinski definition) is 2. The summed E-state index contributed by atoms with van der Waals surface area (Å²) < 4.78 is 6.15. The van der Waals surface area contributed by atoms with Gasteiger partial charge in [0.25, 0.3) is 0 Å². The Kier molecular flexibility index (Phi) is 9.36. The molecule has 152 valence electrons. The van der Waals surface area contributed by atoms with Crippen molar-refractivity contribution in [3.8, 4) is 0 Å². The summed E-state index contributed by atoms with van der Waals surface area (Å²) in [5.41, 5.74) is 1.29. The van der Waals surface area contributed by atoms with Gasteiger partial charge < -0.3 is 15.0 Å². The van der Waals surface area contributed by atoms with Crippen LogP contribution in [0.3, 0.4) is 0 Å². The Morgan fingerprint density at radius 2 is 1.89 bits per heavy atom. The van der Waals surface area contributed by atoms with E-state index in [-0.39, 0.29) is 30.1 Å². The first-order valence-corrected chi connectivity index (χ1v) is 10.4. The lowest BCUT2D eigenvalue weighted by atomic mass is 9.89. The quantitative estimate of drug-likeness (QED) is 0.381. The Hall–Kier alpha value is -0.820. The van der Waals surface area contributed by atoms with Crippen LogP contribution in [0.15, 0.2) is 35.3 Å². The molecule has 2 aliphatic rings. The molecule has 0 radical (unpaired) electrons. The number of benzene rings is 1. The van der Waals surface area contributed by atoms with Crippen molar-refractivity contribution in [2.45, 2.75) is 46.1 Å². The van der Waals surface area contributed by atoms with Crippen molar-refractivity contribution in [2.75, 3.05) is 32.8 Å². The Labute approximate surface area is 182 Å². The Morgan fingerprint density at radius 3 is 2.56 bits per heavy atom. The van der Waals surface area contributed by atoms with Crippen LogP contribution in [0.5, 0.6) is 0 Å². The van der Waals surface area contributed by atoms with Gasteiger partial charge in [-0.05, 0) is 43.6 Å². The predicted octanol–water partition coefficient (Wildman–Crippen LogP) is 4.72. The molecule has 2 saturated heterocycles. The normalized spacial score (nSPS) is 29.1. The molecular weight excluding hydrogens is 449 g/mol. The molecule has 0 saturated carbocycles. The van der Waals surface area contributed by atoms with Crippen LogP contribution in [0.1, 0.15) is 51.7 Å². The van der Waals surface area contributed by atoms with Crippen molar-refractivity contribution in [3.63, 3.8) is 0 Å². The van der Waals surface area contributed by atoms with E-state index in [1.54, 1.807) is 0 Å². The molecule has 2 heterocycles. The molecule has 4 atom stereocenters. The van der Waals surface area contributed by atoms with Gasteiger partial charge in [-0.25, -0.2) is 0 Å². The minimum absolute atomic E-state index is 0. The van der Waals surface area contributed by atoms with E-state index in [4.69, 9.17) is 9.73 Å². The van der Waals surface area contributed by atoms with E-state index in [1.165, 1.54) is 18.4 Å². The Morgan fingerprint density at radius 1 is 1.19 bits per heavy atom. The first kappa shape index (κ1) is 22.5. The maximum absolute atomic E-state index is 6.15. The number of aliphatic imine (C=N–C) groups is 1. The van der Waals surface area contributed by atoms with Gasteiger partial charge in [0.2, 0.25) is 0 Å². The number of likely N-dealkylation sites (tertiary alicyclic amines) is 1. The molecule has 2 aliphatic heterocycles. The summed E-state index contributed by atoms with van der Waals surface area (Å²) in [7, 11) is 0. The van der Waals surface area contributed by atoms with E-state index in [0.717, 1.165) is 57.0 Å². The van der Waals surface area contributed by atoms with Gasteiger partial charge in [0.15, 0.2) is 5.96 Å². The molecule has 1 aromatic carbocycles. The van der Waals surface area contributed by atoms with E-state index < -0.39 is 0 Å². The number of nitrogens with one attached hydrogen (secondary N) is 1. The molecule has 5 heteroatoms. The first-order chi connectivity index (χ1) is 12.7. The van der Waals surface area contributed by atoms with Crippen LogP contribution < -0.4 is 5.32 Å². The van der Waals surface area contributed by atoms with Crippen molar-refractivity contribution in [3.05, 3.63) is 35.9 Å². The van der Waals surface area contributed by atoms with Gasteiger partial charge in [-0.15, -0.1) is 24.0 Å². The maximum atomic E-state index is 6.15. The summed E-state index contributed by atoms with van der Waals surface area (Å²) >= 11 is 0. The monoisotopic (exact) mass is 485 g/mol. The fourth-order valence-corrected chi connectivity index (χ4v) is 4.51.